The Morgan fingerprint density at radius 1 is 1.32 bits per heavy atom. The number of Topliss-reactive ketones (excluding diaryl/α,β-unsaturated/α-hetero) is 1. The number of hydrogen-bond donors (Lipinski definition) is 2. The fraction of sp³-hybridized carbons (Fsp3) is 0.211. The van der Waals surface area contributed by atoms with Gasteiger partial charge < -0.3 is 9.88 Å². The highest BCUT2D eigenvalue weighted by atomic mass is 35.5. The highest BCUT2D eigenvalue weighted by Gasteiger charge is 2.27. The van der Waals surface area contributed by atoms with E-state index >= 15 is 0 Å². The Balaban J connectivity index is 1.83. The van der Waals surface area contributed by atoms with E-state index in [0.717, 1.165) is 4.31 Å². The molecule has 4 rings (SSSR count). The lowest BCUT2D eigenvalue weighted by molar-refractivity contribution is -0.126. The lowest BCUT2D eigenvalue weighted by Gasteiger charge is -2.20. The van der Waals surface area contributed by atoms with Crippen molar-refractivity contribution in [2.24, 2.45) is 0 Å². The SMILES string of the molecule is CCN(CC)C(=O)C(=O)c1c[nH]c2ccc(N(c3c(Cl)nc4sccn34)S(=O)O)cc12. The van der Waals surface area contributed by atoms with Gasteiger partial charge in [-0.15, -0.1) is 11.3 Å². The summed E-state index contributed by atoms with van der Waals surface area (Å²) >= 11 is 5.12. The maximum Gasteiger partial charge on any atom is 0.295 e. The summed E-state index contributed by atoms with van der Waals surface area (Å²) in [4.78, 5) is 34.6. The van der Waals surface area contributed by atoms with E-state index in [9.17, 15) is 18.4 Å². The summed E-state index contributed by atoms with van der Waals surface area (Å²) in [6.45, 7) is 4.44. The van der Waals surface area contributed by atoms with Gasteiger partial charge in [0.2, 0.25) is 0 Å². The van der Waals surface area contributed by atoms with Crippen LogP contribution >= 0.6 is 22.9 Å². The van der Waals surface area contributed by atoms with E-state index in [2.05, 4.69) is 9.97 Å². The van der Waals surface area contributed by atoms with Crippen LogP contribution in [-0.4, -0.2) is 52.8 Å². The largest absolute Gasteiger partial charge is 0.360 e. The number of nitrogens with zero attached hydrogens (tertiary/aromatic N) is 4. The van der Waals surface area contributed by atoms with Crippen molar-refractivity contribution in [3.63, 3.8) is 0 Å². The number of nitrogens with one attached hydrogen (secondary N) is 1. The van der Waals surface area contributed by atoms with Gasteiger partial charge in [-0.3, -0.25) is 18.5 Å². The van der Waals surface area contributed by atoms with Gasteiger partial charge in [0.25, 0.3) is 23.0 Å². The third-order valence-corrected chi connectivity index (χ3v) is 6.64. The number of rotatable bonds is 7. The Bertz CT molecular complexity index is 1320. The first-order chi connectivity index (χ1) is 14.9. The number of benzene rings is 1. The van der Waals surface area contributed by atoms with E-state index in [0.29, 0.717) is 34.6 Å². The molecule has 3 aromatic heterocycles. The van der Waals surface area contributed by atoms with Gasteiger partial charge in [0.1, 0.15) is 0 Å². The van der Waals surface area contributed by atoms with Crippen LogP contribution in [0.3, 0.4) is 0 Å². The van der Waals surface area contributed by atoms with E-state index in [1.54, 1.807) is 48.0 Å². The smallest absolute Gasteiger partial charge is 0.295 e. The van der Waals surface area contributed by atoms with Crippen molar-refractivity contribution in [1.82, 2.24) is 19.3 Å². The Morgan fingerprint density at radius 3 is 2.74 bits per heavy atom. The minimum absolute atomic E-state index is 0.0661. The zero-order chi connectivity index (χ0) is 22.3. The molecule has 0 bridgehead atoms. The summed E-state index contributed by atoms with van der Waals surface area (Å²) in [6.07, 6.45) is 3.17. The van der Waals surface area contributed by atoms with Crippen molar-refractivity contribution in [3.8, 4) is 0 Å². The Morgan fingerprint density at radius 2 is 2.06 bits per heavy atom. The number of ketones is 1. The monoisotopic (exact) mass is 479 g/mol. The van der Waals surface area contributed by atoms with Gasteiger partial charge in [-0.2, -0.15) is 0 Å². The van der Waals surface area contributed by atoms with Crippen molar-refractivity contribution in [3.05, 3.63) is 46.7 Å². The molecule has 4 aromatic rings. The highest BCUT2D eigenvalue weighted by molar-refractivity contribution is 7.81. The van der Waals surface area contributed by atoms with Crippen molar-refractivity contribution < 1.29 is 18.4 Å². The number of H-pyrrole nitrogens is 1. The second-order valence-electron chi connectivity index (χ2n) is 6.55. The molecule has 0 aliphatic rings. The second kappa shape index (κ2) is 8.42. The summed E-state index contributed by atoms with van der Waals surface area (Å²) in [6, 6.07) is 4.86. The van der Waals surface area contributed by atoms with Gasteiger partial charge in [-0.1, -0.05) is 11.6 Å². The molecule has 3 heterocycles. The van der Waals surface area contributed by atoms with E-state index in [1.165, 1.54) is 22.4 Å². The van der Waals surface area contributed by atoms with Crippen molar-refractivity contribution in [2.75, 3.05) is 17.4 Å². The number of hydrogen-bond acceptors (Lipinski definition) is 5. The van der Waals surface area contributed by atoms with Crippen LogP contribution in [0.5, 0.6) is 0 Å². The Hall–Kier alpha value is -2.73. The first-order valence-corrected chi connectivity index (χ1v) is 11.7. The molecule has 1 amide bonds. The van der Waals surface area contributed by atoms with Crippen LogP contribution in [0.2, 0.25) is 5.15 Å². The minimum Gasteiger partial charge on any atom is -0.360 e. The molecule has 0 saturated heterocycles. The number of fused-ring (bicyclic) bond motifs is 2. The predicted octanol–water partition coefficient (Wildman–Crippen LogP) is 3.86. The molecule has 31 heavy (non-hydrogen) atoms. The van der Waals surface area contributed by atoms with E-state index < -0.39 is 23.0 Å². The molecule has 0 saturated carbocycles. The molecule has 9 nitrogen and oxygen atoms in total. The zero-order valence-corrected chi connectivity index (χ0v) is 18.9. The molecule has 0 spiro atoms. The van der Waals surface area contributed by atoms with Crippen molar-refractivity contribution in [2.45, 2.75) is 13.8 Å². The van der Waals surface area contributed by atoms with Gasteiger partial charge in [0.15, 0.2) is 15.9 Å². The topological polar surface area (TPSA) is 111 Å². The summed E-state index contributed by atoms with van der Waals surface area (Å²) in [5.74, 6) is -1.02. The molecule has 1 aromatic carbocycles. The fourth-order valence-corrected chi connectivity index (χ4v) is 5.09. The summed E-state index contributed by atoms with van der Waals surface area (Å²) in [5.41, 5.74) is 1.12. The number of aromatic amines is 1. The normalized spacial score (nSPS) is 12.4. The number of aromatic nitrogens is 3. The number of carbonyl (C=O) groups is 2. The van der Waals surface area contributed by atoms with Crippen LogP contribution in [0.4, 0.5) is 11.5 Å². The van der Waals surface area contributed by atoms with Gasteiger partial charge >= 0.3 is 0 Å². The molecule has 162 valence electrons. The summed E-state index contributed by atoms with van der Waals surface area (Å²) < 4.78 is 25.1. The number of amides is 1. The maximum absolute atomic E-state index is 12.8. The van der Waals surface area contributed by atoms with E-state index in [4.69, 9.17) is 11.6 Å². The predicted molar refractivity (Wildman–Crippen MR) is 122 cm³/mol. The molecule has 2 N–H and O–H groups in total. The first kappa shape index (κ1) is 21.5. The van der Waals surface area contributed by atoms with Crippen LogP contribution in [0.25, 0.3) is 15.9 Å². The third kappa shape index (κ3) is 3.63. The second-order valence-corrected chi connectivity index (χ2v) is 8.60. The molecule has 0 aliphatic heterocycles. The number of anilines is 2. The van der Waals surface area contributed by atoms with Gasteiger partial charge in [-0.05, 0) is 32.0 Å². The van der Waals surface area contributed by atoms with Crippen LogP contribution in [-0.2, 0) is 16.1 Å². The van der Waals surface area contributed by atoms with Gasteiger partial charge in [-0.25, -0.2) is 13.5 Å². The average Bonchev–Trinajstić information content (AvgIpc) is 3.44. The third-order valence-electron chi connectivity index (χ3n) is 4.93. The van der Waals surface area contributed by atoms with Crippen LogP contribution in [0.1, 0.15) is 24.2 Å². The highest BCUT2D eigenvalue weighted by Crippen LogP contribution is 2.36. The standard InChI is InChI=1S/C19H18ClN5O4S2/c1-3-23(4-2)18(27)15(26)13-10-21-14-6-5-11(9-12(13)14)25(31(28)29)17-16(20)22-19-24(17)7-8-30-19/h5-10,21H,3-4H2,1-2H3,(H,28,29). The van der Waals surface area contributed by atoms with Crippen LogP contribution < -0.4 is 4.31 Å². The quantitative estimate of drug-likeness (QED) is 0.237. The Kier molecular flexibility index (Phi) is 5.84. The summed E-state index contributed by atoms with van der Waals surface area (Å²) in [7, 11) is 0. The molecule has 0 fully saturated rings. The maximum atomic E-state index is 12.8. The van der Waals surface area contributed by atoms with Crippen molar-refractivity contribution >= 4 is 73.3 Å². The lowest BCUT2D eigenvalue weighted by Crippen LogP contribution is -2.36. The number of imidazole rings is 1. The fourth-order valence-electron chi connectivity index (χ4n) is 3.41. The number of thiazole rings is 1. The van der Waals surface area contributed by atoms with E-state index in [1.807, 2.05) is 0 Å². The van der Waals surface area contributed by atoms with Gasteiger partial charge in [0.05, 0.1) is 11.3 Å². The van der Waals surface area contributed by atoms with E-state index in [-0.39, 0.29) is 16.5 Å². The van der Waals surface area contributed by atoms with Crippen molar-refractivity contribution in [1.29, 1.82) is 0 Å². The van der Waals surface area contributed by atoms with Crippen LogP contribution in [0, 0.1) is 0 Å². The molecule has 0 aliphatic carbocycles. The van der Waals surface area contributed by atoms with Crippen LogP contribution in [0.15, 0.2) is 36.0 Å². The molecular weight excluding hydrogens is 462 g/mol. The number of halogens is 1. The lowest BCUT2D eigenvalue weighted by atomic mass is 10.1. The number of carbonyl (C=O) groups excluding carboxylic acids is 2. The first-order valence-electron chi connectivity index (χ1n) is 9.34. The summed E-state index contributed by atoms with van der Waals surface area (Å²) in [5, 5.41) is 2.31. The molecular formula is C19H18ClN5O4S2. The molecule has 0 radical (unpaired) electrons. The Labute approximate surface area is 188 Å². The minimum atomic E-state index is -2.48. The number of likely N-dealkylation sites (N-methyl/N-ethyl adjacent to an activating group) is 1. The molecule has 12 heteroatoms. The molecule has 1 unspecified atom stereocenters. The average molecular weight is 480 g/mol. The molecule has 1 atom stereocenters. The van der Waals surface area contributed by atoms with Gasteiger partial charge in [0, 0.05) is 41.8 Å². The zero-order valence-electron chi connectivity index (χ0n) is 16.5.